The van der Waals surface area contributed by atoms with Crippen LogP contribution in [0.1, 0.15) is 6.92 Å². The third-order valence-electron chi connectivity index (χ3n) is 2.20. The molecule has 0 unspecified atom stereocenters. The summed E-state index contributed by atoms with van der Waals surface area (Å²) in [6, 6.07) is 5.20. The van der Waals surface area contributed by atoms with E-state index in [0.29, 0.717) is 17.2 Å². The monoisotopic (exact) mass is 247 g/mol. The summed E-state index contributed by atoms with van der Waals surface area (Å²) in [7, 11) is 3.12. The summed E-state index contributed by atoms with van der Waals surface area (Å²) >= 11 is 0. The lowest BCUT2D eigenvalue weighted by molar-refractivity contribution is -0.111. The van der Waals surface area contributed by atoms with E-state index in [4.69, 9.17) is 9.47 Å². The average Bonchev–Trinajstić information content (AvgIpc) is 2.39. The molecule has 18 heavy (non-hydrogen) atoms. The summed E-state index contributed by atoms with van der Waals surface area (Å²) in [6.07, 6.45) is 6.77. The minimum absolute atomic E-state index is 0.194. The Bertz CT molecular complexity index is 464. The van der Waals surface area contributed by atoms with Crippen molar-refractivity contribution in [2.75, 3.05) is 19.5 Å². The lowest BCUT2D eigenvalue weighted by atomic mass is 10.2. The zero-order chi connectivity index (χ0) is 13.4. The molecule has 1 aromatic carbocycles. The number of carbonyl (C=O) groups excluding carboxylic acids is 1. The van der Waals surface area contributed by atoms with Crippen LogP contribution >= 0.6 is 0 Å². The molecule has 0 aromatic heterocycles. The van der Waals surface area contributed by atoms with Crippen molar-refractivity contribution in [1.82, 2.24) is 0 Å². The highest BCUT2D eigenvalue weighted by Crippen LogP contribution is 2.29. The molecule has 0 heterocycles. The maximum absolute atomic E-state index is 11.5. The van der Waals surface area contributed by atoms with Crippen molar-refractivity contribution in [3.8, 4) is 11.5 Å². The van der Waals surface area contributed by atoms with Gasteiger partial charge in [-0.2, -0.15) is 0 Å². The van der Waals surface area contributed by atoms with Gasteiger partial charge in [0.2, 0.25) is 5.91 Å². The van der Waals surface area contributed by atoms with Gasteiger partial charge in [-0.25, -0.2) is 0 Å². The second kappa shape index (κ2) is 7.17. The molecule has 0 fully saturated rings. The van der Waals surface area contributed by atoms with Gasteiger partial charge in [0.25, 0.3) is 0 Å². The Hall–Kier alpha value is -2.23. The SMILES string of the molecule is CC=CC=CC(=O)Nc1ccc(OC)c(OC)c1. The molecule has 0 saturated carbocycles. The number of amides is 1. The van der Waals surface area contributed by atoms with Crippen molar-refractivity contribution in [3.05, 3.63) is 42.5 Å². The fourth-order valence-corrected chi connectivity index (χ4v) is 1.35. The van der Waals surface area contributed by atoms with Crippen molar-refractivity contribution in [3.63, 3.8) is 0 Å². The molecule has 0 aliphatic heterocycles. The fourth-order valence-electron chi connectivity index (χ4n) is 1.35. The molecule has 1 aromatic rings. The van der Waals surface area contributed by atoms with Gasteiger partial charge in [0.05, 0.1) is 14.2 Å². The topological polar surface area (TPSA) is 47.6 Å². The van der Waals surface area contributed by atoms with Crippen LogP contribution in [0.4, 0.5) is 5.69 Å². The number of hydrogen-bond acceptors (Lipinski definition) is 3. The van der Waals surface area contributed by atoms with Gasteiger partial charge in [0.1, 0.15) is 0 Å². The van der Waals surface area contributed by atoms with E-state index >= 15 is 0 Å². The molecule has 4 nitrogen and oxygen atoms in total. The number of nitrogens with one attached hydrogen (secondary N) is 1. The highest BCUT2D eigenvalue weighted by Gasteiger charge is 2.05. The van der Waals surface area contributed by atoms with Crippen molar-refractivity contribution in [2.24, 2.45) is 0 Å². The lowest BCUT2D eigenvalue weighted by Gasteiger charge is -2.09. The Labute approximate surface area is 107 Å². The van der Waals surface area contributed by atoms with Crippen LogP contribution in [-0.2, 0) is 4.79 Å². The molecule has 96 valence electrons. The van der Waals surface area contributed by atoms with Crippen LogP contribution in [-0.4, -0.2) is 20.1 Å². The summed E-state index contributed by atoms with van der Waals surface area (Å²) in [6.45, 7) is 1.89. The van der Waals surface area contributed by atoms with E-state index in [1.807, 2.05) is 13.0 Å². The quantitative estimate of drug-likeness (QED) is 0.643. The largest absolute Gasteiger partial charge is 0.493 e. The fraction of sp³-hybridized carbons (Fsp3) is 0.214. The standard InChI is InChI=1S/C14H17NO3/c1-4-5-6-7-14(16)15-11-8-9-12(17-2)13(10-11)18-3/h4-10H,1-3H3,(H,15,16). The van der Waals surface area contributed by atoms with Crippen LogP contribution in [0.3, 0.4) is 0 Å². The summed E-state index contributed by atoms with van der Waals surface area (Å²) < 4.78 is 10.3. The van der Waals surface area contributed by atoms with E-state index in [1.54, 1.807) is 44.6 Å². The second-order valence-electron chi connectivity index (χ2n) is 3.44. The van der Waals surface area contributed by atoms with Gasteiger partial charge in [0, 0.05) is 17.8 Å². The Morgan fingerprint density at radius 1 is 1.17 bits per heavy atom. The molecule has 0 saturated heterocycles. The third kappa shape index (κ3) is 3.97. The number of allylic oxidation sites excluding steroid dienone is 3. The summed E-state index contributed by atoms with van der Waals surface area (Å²) in [5.74, 6) is 1.01. The first kappa shape index (κ1) is 13.8. The Morgan fingerprint density at radius 2 is 1.89 bits per heavy atom. The highest BCUT2D eigenvalue weighted by molar-refractivity contribution is 5.99. The first-order valence-corrected chi connectivity index (χ1v) is 5.53. The Balaban J connectivity index is 2.76. The zero-order valence-electron chi connectivity index (χ0n) is 10.8. The maximum Gasteiger partial charge on any atom is 0.248 e. The van der Waals surface area contributed by atoms with Crippen molar-refractivity contribution in [2.45, 2.75) is 6.92 Å². The second-order valence-corrected chi connectivity index (χ2v) is 3.44. The first-order valence-electron chi connectivity index (χ1n) is 5.53. The summed E-state index contributed by atoms with van der Waals surface area (Å²) in [5.41, 5.74) is 0.655. The minimum atomic E-state index is -0.194. The molecular formula is C14H17NO3. The van der Waals surface area contributed by atoms with E-state index in [1.165, 1.54) is 6.08 Å². The van der Waals surface area contributed by atoms with E-state index in [-0.39, 0.29) is 5.91 Å². The number of rotatable bonds is 5. The third-order valence-corrected chi connectivity index (χ3v) is 2.20. The zero-order valence-corrected chi connectivity index (χ0v) is 10.8. The van der Waals surface area contributed by atoms with Crippen LogP contribution in [0.5, 0.6) is 11.5 Å². The molecule has 4 heteroatoms. The molecule has 0 spiro atoms. The van der Waals surface area contributed by atoms with E-state index < -0.39 is 0 Å². The van der Waals surface area contributed by atoms with E-state index in [0.717, 1.165) is 0 Å². The average molecular weight is 247 g/mol. The number of anilines is 1. The molecule has 0 radical (unpaired) electrons. The van der Waals surface area contributed by atoms with E-state index in [9.17, 15) is 4.79 Å². The normalized spacial score (nSPS) is 10.8. The van der Waals surface area contributed by atoms with Crippen LogP contribution in [0.25, 0.3) is 0 Å². The summed E-state index contributed by atoms with van der Waals surface area (Å²) in [5, 5.41) is 2.73. The molecule has 1 amide bonds. The van der Waals surface area contributed by atoms with Gasteiger partial charge in [-0.3, -0.25) is 4.79 Å². The lowest BCUT2D eigenvalue weighted by Crippen LogP contribution is -2.07. The van der Waals surface area contributed by atoms with Gasteiger partial charge in [-0.15, -0.1) is 0 Å². The van der Waals surface area contributed by atoms with Gasteiger partial charge in [-0.1, -0.05) is 18.2 Å². The molecular weight excluding hydrogens is 230 g/mol. The molecule has 1 rings (SSSR count). The van der Waals surface area contributed by atoms with Gasteiger partial charge in [0.15, 0.2) is 11.5 Å². The van der Waals surface area contributed by atoms with Crippen LogP contribution < -0.4 is 14.8 Å². The van der Waals surface area contributed by atoms with Crippen LogP contribution in [0.15, 0.2) is 42.5 Å². The number of carbonyl (C=O) groups is 1. The molecule has 1 N–H and O–H groups in total. The number of benzene rings is 1. The molecule has 0 atom stereocenters. The highest BCUT2D eigenvalue weighted by atomic mass is 16.5. The van der Waals surface area contributed by atoms with E-state index in [2.05, 4.69) is 5.32 Å². The number of hydrogen-bond donors (Lipinski definition) is 1. The predicted octanol–water partition coefficient (Wildman–Crippen LogP) is 2.77. The van der Waals surface area contributed by atoms with Gasteiger partial charge < -0.3 is 14.8 Å². The molecule has 0 bridgehead atoms. The number of methoxy groups -OCH3 is 2. The van der Waals surface area contributed by atoms with Gasteiger partial charge in [-0.05, 0) is 19.1 Å². The van der Waals surface area contributed by atoms with Crippen molar-refractivity contribution in [1.29, 1.82) is 0 Å². The molecule has 0 aliphatic carbocycles. The van der Waals surface area contributed by atoms with Crippen molar-refractivity contribution >= 4 is 11.6 Å². The first-order chi connectivity index (χ1) is 8.71. The smallest absolute Gasteiger partial charge is 0.248 e. The Morgan fingerprint density at radius 3 is 2.50 bits per heavy atom. The van der Waals surface area contributed by atoms with Gasteiger partial charge >= 0.3 is 0 Å². The van der Waals surface area contributed by atoms with Crippen molar-refractivity contribution < 1.29 is 14.3 Å². The van der Waals surface area contributed by atoms with Crippen LogP contribution in [0.2, 0.25) is 0 Å². The minimum Gasteiger partial charge on any atom is -0.493 e. The maximum atomic E-state index is 11.5. The Kier molecular flexibility index (Phi) is 5.51. The molecule has 0 aliphatic rings. The van der Waals surface area contributed by atoms with Crippen LogP contribution in [0, 0.1) is 0 Å². The predicted molar refractivity (Wildman–Crippen MR) is 72.1 cm³/mol. The summed E-state index contributed by atoms with van der Waals surface area (Å²) in [4.78, 5) is 11.5. The number of ether oxygens (including phenoxy) is 2.